The van der Waals surface area contributed by atoms with Gasteiger partial charge in [-0.15, -0.1) is 11.3 Å². The van der Waals surface area contributed by atoms with Crippen molar-refractivity contribution in [3.05, 3.63) is 68.2 Å². The Balaban J connectivity index is 2.13. The summed E-state index contributed by atoms with van der Waals surface area (Å²) >= 11 is 10.9. The molecule has 1 atom stereocenters. The minimum Gasteiger partial charge on any atom is -0.320 e. The summed E-state index contributed by atoms with van der Waals surface area (Å²) in [7, 11) is 0. The normalized spacial score (nSPS) is 12.8. The lowest BCUT2D eigenvalue weighted by Gasteiger charge is -2.14. The number of rotatable bonds is 2. The molecule has 3 aromatic rings. The highest BCUT2D eigenvalue weighted by molar-refractivity contribution is 9.10. The number of halogens is 3. The van der Waals surface area contributed by atoms with Gasteiger partial charge in [-0.25, -0.2) is 4.39 Å². The van der Waals surface area contributed by atoms with Gasteiger partial charge in [-0.05, 0) is 50.5 Å². The van der Waals surface area contributed by atoms with Crippen LogP contribution < -0.4 is 5.73 Å². The molecule has 5 heteroatoms. The van der Waals surface area contributed by atoms with Crippen LogP contribution in [0.3, 0.4) is 0 Å². The molecule has 0 bridgehead atoms. The number of hydrogen-bond donors (Lipinski definition) is 1. The van der Waals surface area contributed by atoms with Gasteiger partial charge in [-0.1, -0.05) is 29.8 Å². The van der Waals surface area contributed by atoms with Gasteiger partial charge in [-0.2, -0.15) is 0 Å². The zero-order valence-electron chi connectivity index (χ0n) is 10.2. The third-order valence-corrected chi connectivity index (χ3v) is 5.40. The topological polar surface area (TPSA) is 26.0 Å². The molecule has 1 nitrogen and oxygen atoms in total. The van der Waals surface area contributed by atoms with Crippen molar-refractivity contribution in [3.8, 4) is 0 Å². The summed E-state index contributed by atoms with van der Waals surface area (Å²) in [5, 5.41) is 3.49. The summed E-state index contributed by atoms with van der Waals surface area (Å²) in [6, 6.07) is 10.4. The van der Waals surface area contributed by atoms with Crippen LogP contribution in [0, 0.1) is 5.82 Å². The number of hydrogen-bond acceptors (Lipinski definition) is 2. The van der Waals surface area contributed by atoms with E-state index in [4.69, 9.17) is 17.3 Å². The van der Waals surface area contributed by atoms with Gasteiger partial charge in [0.25, 0.3) is 0 Å². The van der Waals surface area contributed by atoms with Gasteiger partial charge in [0.05, 0.1) is 11.1 Å². The molecule has 0 spiro atoms. The first-order valence-corrected chi connectivity index (χ1v) is 7.99. The number of benzene rings is 2. The summed E-state index contributed by atoms with van der Waals surface area (Å²) in [6.07, 6.45) is 0. The van der Waals surface area contributed by atoms with E-state index in [1.807, 2.05) is 29.6 Å². The maximum Gasteiger partial charge on any atom is 0.129 e. The second-order valence-electron chi connectivity index (χ2n) is 4.45. The van der Waals surface area contributed by atoms with Crippen LogP contribution in [0.15, 0.2) is 46.3 Å². The Morgan fingerprint density at radius 1 is 1.20 bits per heavy atom. The highest BCUT2D eigenvalue weighted by Crippen LogP contribution is 2.35. The number of thiophene rings is 1. The van der Waals surface area contributed by atoms with E-state index >= 15 is 0 Å². The van der Waals surface area contributed by atoms with Crippen molar-refractivity contribution >= 4 is 49.0 Å². The molecule has 2 aromatic carbocycles. The molecule has 0 fully saturated rings. The Kier molecular flexibility index (Phi) is 3.82. The number of fused-ring (bicyclic) bond motifs is 1. The minimum absolute atomic E-state index is 0.357. The Bertz CT molecular complexity index is 787. The van der Waals surface area contributed by atoms with E-state index in [9.17, 15) is 4.39 Å². The molecule has 0 saturated heterocycles. The third-order valence-electron chi connectivity index (χ3n) is 3.22. The van der Waals surface area contributed by atoms with Gasteiger partial charge < -0.3 is 5.73 Å². The molecule has 0 saturated carbocycles. The Labute approximate surface area is 133 Å². The molecule has 3 rings (SSSR count). The average molecular weight is 371 g/mol. The van der Waals surface area contributed by atoms with Gasteiger partial charge in [0.15, 0.2) is 0 Å². The molecule has 0 aliphatic heterocycles. The minimum atomic E-state index is -0.531. The van der Waals surface area contributed by atoms with Crippen molar-refractivity contribution < 1.29 is 4.39 Å². The van der Waals surface area contributed by atoms with Crippen molar-refractivity contribution in [1.29, 1.82) is 0 Å². The highest BCUT2D eigenvalue weighted by atomic mass is 79.9. The first kappa shape index (κ1) is 14.0. The highest BCUT2D eigenvalue weighted by Gasteiger charge is 2.18. The maximum absolute atomic E-state index is 14.1. The van der Waals surface area contributed by atoms with Crippen LogP contribution in [0.2, 0.25) is 5.02 Å². The number of nitrogens with two attached hydrogens (primary N) is 1. The molecule has 1 aromatic heterocycles. The van der Waals surface area contributed by atoms with Gasteiger partial charge >= 0.3 is 0 Å². The lowest BCUT2D eigenvalue weighted by molar-refractivity contribution is 0.599. The predicted octanol–water partition coefficient (Wildman–Crippen LogP) is 5.50. The molecule has 0 radical (unpaired) electrons. The second-order valence-corrected chi connectivity index (χ2v) is 6.63. The van der Waals surface area contributed by atoms with E-state index in [2.05, 4.69) is 15.9 Å². The van der Waals surface area contributed by atoms with Crippen molar-refractivity contribution in [2.75, 3.05) is 0 Å². The van der Waals surface area contributed by atoms with Crippen LogP contribution >= 0.6 is 38.9 Å². The van der Waals surface area contributed by atoms with Gasteiger partial charge in [0.2, 0.25) is 0 Å². The molecule has 1 unspecified atom stereocenters. The van der Waals surface area contributed by atoms with Crippen molar-refractivity contribution in [2.45, 2.75) is 6.04 Å². The fourth-order valence-electron chi connectivity index (χ4n) is 2.18. The van der Waals surface area contributed by atoms with Crippen LogP contribution in [0.25, 0.3) is 10.1 Å². The maximum atomic E-state index is 14.1. The predicted molar refractivity (Wildman–Crippen MR) is 87.0 cm³/mol. The smallest absolute Gasteiger partial charge is 0.129 e. The van der Waals surface area contributed by atoms with Crippen LogP contribution in [-0.4, -0.2) is 0 Å². The Morgan fingerprint density at radius 2 is 1.95 bits per heavy atom. The van der Waals surface area contributed by atoms with Gasteiger partial charge in [0, 0.05) is 14.7 Å². The van der Waals surface area contributed by atoms with Crippen molar-refractivity contribution in [1.82, 2.24) is 0 Å². The Morgan fingerprint density at radius 3 is 2.75 bits per heavy atom. The molecule has 102 valence electrons. The molecular weight excluding hydrogens is 361 g/mol. The zero-order valence-corrected chi connectivity index (χ0v) is 13.4. The summed E-state index contributed by atoms with van der Waals surface area (Å²) in [5.74, 6) is -0.357. The van der Waals surface area contributed by atoms with Crippen LogP contribution in [0.4, 0.5) is 4.39 Å². The lowest BCUT2D eigenvalue weighted by Crippen LogP contribution is -2.13. The standard InChI is InChI=1S/C15H10BrClFNS/c16-11-6-13(18)9(5-12(11)17)15(19)10-7-20-14-4-2-1-3-8(10)14/h1-7,15H,19H2. The van der Waals surface area contributed by atoms with Crippen LogP contribution in [0.5, 0.6) is 0 Å². The zero-order chi connectivity index (χ0) is 14.3. The quantitative estimate of drug-likeness (QED) is 0.592. The van der Waals surface area contributed by atoms with Crippen molar-refractivity contribution in [3.63, 3.8) is 0 Å². The van der Waals surface area contributed by atoms with E-state index in [1.165, 1.54) is 6.07 Å². The monoisotopic (exact) mass is 369 g/mol. The van der Waals surface area contributed by atoms with Gasteiger partial charge in [0.1, 0.15) is 5.82 Å². The first-order valence-electron chi connectivity index (χ1n) is 5.94. The molecule has 20 heavy (non-hydrogen) atoms. The fraction of sp³-hybridized carbons (Fsp3) is 0.0667. The van der Waals surface area contributed by atoms with E-state index in [1.54, 1.807) is 17.4 Å². The molecule has 0 aliphatic carbocycles. The van der Waals surface area contributed by atoms with Crippen LogP contribution in [0.1, 0.15) is 17.2 Å². The summed E-state index contributed by atoms with van der Waals surface area (Å²) in [5.41, 5.74) is 7.56. The molecule has 0 aliphatic rings. The van der Waals surface area contributed by atoms with Crippen molar-refractivity contribution in [2.24, 2.45) is 5.73 Å². The second kappa shape index (κ2) is 5.45. The van der Waals surface area contributed by atoms with Gasteiger partial charge in [-0.3, -0.25) is 0 Å². The first-order chi connectivity index (χ1) is 9.58. The largest absolute Gasteiger partial charge is 0.320 e. The summed E-state index contributed by atoms with van der Waals surface area (Å²) in [6.45, 7) is 0. The van der Waals surface area contributed by atoms with E-state index in [0.717, 1.165) is 15.6 Å². The summed E-state index contributed by atoms with van der Waals surface area (Å²) in [4.78, 5) is 0. The Hall–Kier alpha value is -0.940. The van der Waals surface area contributed by atoms with Crippen LogP contribution in [-0.2, 0) is 0 Å². The third kappa shape index (κ3) is 2.37. The fourth-order valence-corrected chi connectivity index (χ4v) is 3.67. The molecule has 2 N–H and O–H groups in total. The molecule has 0 amide bonds. The van der Waals surface area contributed by atoms with E-state index in [0.29, 0.717) is 15.1 Å². The average Bonchev–Trinajstić information content (AvgIpc) is 2.86. The lowest BCUT2D eigenvalue weighted by atomic mass is 9.98. The van der Waals surface area contributed by atoms with E-state index < -0.39 is 6.04 Å². The molecule has 1 heterocycles. The SMILES string of the molecule is NC(c1cc(Cl)c(Br)cc1F)c1csc2ccccc12. The van der Waals surface area contributed by atoms with E-state index in [-0.39, 0.29) is 5.82 Å². The molecular formula is C15H10BrClFNS. The summed E-state index contributed by atoms with van der Waals surface area (Å²) < 4.78 is 15.8.